The molecule has 0 radical (unpaired) electrons. The lowest BCUT2D eigenvalue weighted by Gasteiger charge is -2.43. The highest BCUT2D eigenvalue weighted by atomic mass is 35.5. The van der Waals surface area contributed by atoms with Gasteiger partial charge in [0.25, 0.3) is 0 Å². The first-order chi connectivity index (χ1) is 8.34. The number of sulfonamides is 1. The molecule has 0 amide bonds. The fourth-order valence-corrected chi connectivity index (χ4v) is 4.73. The molecule has 2 rings (SSSR count). The summed E-state index contributed by atoms with van der Waals surface area (Å²) in [6.07, 6.45) is 2.28. The van der Waals surface area contributed by atoms with E-state index in [4.69, 9.17) is 10.5 Å². The molecule has 5 nitrogen and oxygen atoms in total. The molecular weight excluding hydrogens is 288 g/mol. The molecular formula is C12H25ClN2O3S. The first kappa shape index (κ1) is 17.2. The minimum atomic E-state index is -3.23. The maximum Gasteiger partial charge on any atom is 0.219 e. The van der Waals surface area contributed by atoms with Gasteiger partial charge in [0.2, 0.25) is 10.0 Å². The van der Waals surface area contributed by atoms with Crippen LogP contribution in [0.15, 0.2) is 0 Å². The van der Waals surface area contributed by atoms with Crippen LogP contribution in [0.4, 0.5) is 0 Å². The smallest absolute Gasteiger partial charge is 0.219 e. The van der Waals surface area contributed by atoms with Crippen LogP contribution in [0.3, 0.4) is 0 Å². The minimum Gasteiger partial charge on any atom is -0.380 e. The summed E-state index contributed by atoms with van der Waals surface area (Å²) < 4.78 is 32.0. The third kappa shape index (κ3) is 3.61. The molecule has 0 aromatic rings. The summed E-state index contributed by atoms with van der Waals surface area (Å²) in [7, 11) is -3.23. The third-order valence-electron chi connectivity index (χ3n) is 4.18. The average Bonchev–Trinajstić information content (AvgIpc) is 2.33. The van der Waals surface area contributed by atoms with E-state index in [9.17, 15) is 8.42 Å². The number of halogens is 1. The highest BCUT2D eigenvalue weighted by molar-refractivity contribution is 7.89. The zero-order chi connectivity index (χ0) is 13.4. The van der Waals surface area contributed by atoms with Crippen LogP contribution in [0.2, 0.25) is 0 Å². The number of hydrogen-bond donors (Lipinski definition) is 1. The van der Waals surface area contributed by atoms with Crippen LogP contribution < -0.4 is 5.73 Å². The molecule has 0 bridgehead atoms. The van der Waals surface area contributed by atoms with Crippen LogP contribution in [0.25, 0.3) is 0 Å². The van der Waals surface area contributed by atoms with Crippen molar-refractivity contribution in [2.24, 2.45) is 11.1 Å². The summed E-state index contributed by atoms with van der Waals surface area (Å²) in [4.78, 5) is 0. The normalized spacial score (nSPS) is 32.6. The molecule has 0 aromatic heterocycles. The molecule has 2 fully saturated rings. The van der Waals surface area contributed by atoms with Crippen LogP contribution in [-0.2, 0) is 14.8 Å². The Kier molecular flexibility index (Phi) is 5.66. The summed E-state index contributed by atoms with van der Waals surface area (Å²) >= 11 is 0. The Hall–Kier alpha value is 0.120. The SMILES string of the molecule is CC1(C)CN(S(=O)(=O)C2CCCOC2)CCC1N.Cl. The second-order valence-electron chi connectivity index (χ2n) is 6.10. The number of piperidine rings is 1. The van der Waals surface area contributed by atoms with Crippen LogP contribution >= 0.6 is 12.4 Å². The van der Waals surface area contributed by atoms with E-state index in [2.05, 4.69) is 0 Å². The van der Waals surface area contributed by atoms with Gasteiger partial charge in [-0.3, -0.25) is 0 Å². The summed E-state index contributed by atoms with van der Waals surface area (Å²) in [5, 5.41) is -0.364. The standard InChI is InChI=1S/C12H24N2O3S.ClH/c1-12(2)9-14(6-5-11(12)13)18(15,16)10-4-3-7-17-8-10;/h10-11H,3-9,13H2,1-2H3;1H. The van der Waals surface area contributed by atoms with Crippen LogP contribution in [0.5, 0.6) is 0 Å². The molecule has 0 aromatic carbocycles. The minimum absolute atomic E-state index is 0. The van der Waals surface area contributed by atoms with Crippen molar-refractivity contribution in [1.82, 2.24) is 4.31 Å². The fraction of sp³-hybridized carbons (Fsp3) is 1.00. The number of nitrogens with two attached hydrogens (primary N) is 1. The van der Waals surface area contributed by atoms with Crippen LogP contribution in [0.1, 0.15) is 33.1 Å². The Morgan fingerprint density at radius 1 is 1.32 bits per heavy atom. The van der Waals surface area contributed by atoms with Crippen molar-refractivity contribution in [3.63, 3.8) is 0 Å². The Labute approximate surface area is 122 Å². The number of hydrogen-bond acceptors (Lipinski definition) is 4. The van der Waals surface area contributed by atoms with Crippen molar-refractivity contribution in [1.29, 1.82) is 0 Å². The van der Waals surface area contributed by atoms with Gasteiger partial charge >= 0.3 is 0 Å². The van der Waals surface area contributed by atoms with Crippen molar-refractivity contribution >= 4 is 22.4 Å². The molecule has 2 saturated heterocycles. The maximum atomic E-state index is 12.5. The lowest BCUT2D eigenvalue weighted by atomic mass is 9.81. The second-order valence-corrected chi connectivity index (χ2v) is 8.31. The van der Waals surface area contributed by atoms with E-state index >= 15 is 0 Å². The summed E-state index contributed by atoms with van der Waals surface area (Å²) in [6.45, 7) is 6.16. The Morgan fingerprint density at radius 2 is 2.00 bits per heavy atom. The largest absolute Gasteiger partial charge is 0.380 e. The Balaban J connectivity index is 0.00000180. The van der Waals surface area contributed by atoms with Crippen LogP contribution in [0, 0.1) is 5.41 Å². The Morgan fingerprint density at radius 3 is 2.53 bits per heavy atom. The van der Waals surface area contributed by atoms with E-state index in [1.807, 2.05) is 13.8 Å². The highest BCUT2D eigenvalue weighted by Crippen LogP contribution is 2.31. The van der Waals surface area contributed by atoms with Crippen molar-refractivity contribution < 1.29 is 13.2 Å². The molecule has 2 aliphatic heterocycles. The van der Waals surface area contributed by atoms with E-state index in [0.717, 1.165) is 12.8 Å². The molecule has 2 atom stereocenters. The van der Waals surface area contributed by atoms with E-state index < -0.39 is 10.0 Å². The number of ether oxygens (including phenoxy) is 1. The molecule has 19 heavy (non-hydrogen) atoms. The third-order valence-corrected chi connectivity index (χ3v) is 6.42. The van der Waals surface area contributed by atoms with Gasteiger partial charge in [0.1, 0.15) is 0 Å². The van der Waals surface area contributed by atoms with Crippen molar-refractivity contribution in [2.45, 2.75) is 44.4 Å². The van der Waals surface area contributed by atoms with Gasteiger partial charge in [-0.15, -0.1) is 12.4 Å². The van der Waals surface area contributed by atoms with Crippen molar-refractivity contribution in [2.75, 3.05) is 26.3 Å². The monoisotopic (exact) mass is 312 g/mol. The molecule has 0 spiro atoms. The fourth-order valence-electron chi connectivity index (χ4n) is 2.70. The van der Waals surface area contributed by atoms with Gasteiger partial charge < -0.3 is 10.5 Å². The first-order valence-electron chi connectivity index (χ1n) is 6.66. The number of nitrogens with zero attached hydrogens (tertiary/aromatic N) is 1. The van der Waals surface area contributed by atoms with Gasteiger partial charge in [-0.2, -0.15) is 0 Å². The van der Waals surface area contributed by atoms with E-state index in [0.29, 0.717) is 32.7 Å². The lowest BCUT2D eigenvalue weighted by molar-refractivity contribution is 0.0944. The van der Waals surface area contributed by atoms with E-state index in [1.165, 1.54) is 0 Å². The predicted molar refractivity (Wildman–Crippen MR) is 78.0 cm³/mol. The molecule has 0 aliphatic carbocycles. The highest BCUT2D eigenvalue weighted by Gasteiger charge is 2.41. The van der Waals surface area contributed by atoms with Crippen molar-refractivity contribution in [3.05, 3.63) is 0 Å². The first-order valence-corrected chi connectivity index (χ1v) is 8.16. The van der Waals surface area contributed by atoms with Gasteiger partial charge in [0.15, 0.2) is 0 Å². The van der Waals surface area contributed by atoms with Gasteiger partial charge in [-0.1, -0.05) is 13.8 Å². The predicted octanol–water partition coefficient (Wildman–Crippen LogP) is 0.976. The van der Waals surface area contributed by atoms with Gasteiger partial charge in [-0.25, -0.2) is 12.7 Å². The molecule has 2 aliphatic rings. The lowest BCUT2D eigenvalue weighted by Crippen LogP contribution is -2.56. The zero-order valence-electron chi connectivity index (χ0n) is 11.7. The van der Waals surface area contributed by atoms with E-state index in [1.54, 1.807) is 4.31 Å². The molecule has 2 heterocycles. The molecule has 0 saturated carbocycles. The average molecular weight is 313 g/mol. The van der Waals surface area contributed by atoms with Crippen LogP contribution in [-0.4, -0.2) is 50.3 Å². The van der Waals surface area contributed by atoms with E-state index in [-0.39, 0.29) is 29.1 Å². The summed E-state index contributed by atoms with van der Waals surface area (Å²) in [5.74, 6) is 0. The molecule has 7 heteroatoms. The summed E-state index contributed by atoms with van der Waals surface area (Å²) in [6, 6.07) is 0.0755. The van der Waals surface area contributed by atoms with Gasteiger partial charge in [0.05, 0.1) is 11.9 Å². The Bertz CT molecular complexity index is 394. The van der Waals surface area contributed by atoms with Crippen molar-refractivity contribution in [3.8, 4) is 0 Å². The second kappa shape index (κ2) is 6.26. The molecule has 2 unspecified atom stereocenters. The zero-order valence-corrected chi connectivity index (χ0v) is 13.3. The molecule has 114 valence electrons. The maximum absolute atomic E-state index is 12.5. The summed E-state index contributed by atoms with van der Waals surface area (Å²) in [5.41, 5.74) is 5.90. The van der Waals surface area contributed by atoms with Gasteiger partial charge in [-0.05, 0) is 24.7 Å². The molecule has 2 N–H and O–H groups in total. The quantitative estimate of drug-likeness (QED) is 0.825. The topological polar surface area (TPSA) is 72.6 Å². The van der Waals surface area contributed by atoms with Gasteiger partial charge in [0, 0.05) is 25.7 Å². The number of rotatable bonds is 2.